The quantitative estimate of drug-likeness (QED) is 0.416. The van der Waals surface area contributed by atoms with Crippen LogP contribution in [-0.4, -0.2) is 50.2 Å². The molecular formula is C23H23F2N3O8. The fourth-order valence-corrected chi connectivity index (χ4v) is 3.28. The van der Waals surface area contributed by atoms with Gasteiger partial charge in [-0.3, -0.25) is 9.59 Å². The van der Waals surface area contributed by atoms with E-state index in [2.05, 4.69) is 20.7 Å². The summed E-state index contributed by atoms with van der Waals surface area (Å²) >= 11 is 0. The first-order valence-electron chi connectivity index (χ1n) is 10.7. The van der Waals surface area contributed by atoms with Gasteiger partial charge in [-0.05, 0) is 44.2 Å². The standard InChI is InChI=1S/C23H23F2N3O8/c1-3-33-21(31)18-15(27-23(32)28-19(18)16-8-7-12(2)35-16)11-34-17(29)10-26-20(30)13-5-4-6-14(9-13)36-22(24)25/h4-9,19,22H,3,10-11H2,1-2H3,(H,26,30)(H2,27,28,32). The van der Waals surface area contributed by atoms with E-state index in [1.807, 2.05) is 0 Å². The Labute approximate surface area is 203 Å². The number of aryl methyl sites for hydroxylation is 1. The van der Waals surface area contributed by atoms with Crippen molar-refractivity contribution in [1.82, 2.24) is 16.0 Å². The van der Waals surface area contributed by atoms with Crippen molar-refractivity contribution in [3.05, 3.63) is 64.8 Å². The first-order chi connectivity index (χ1) is 17.2. The second-order valence-electron chi connectivity index (χ2n) is 7.34. The number of urea groups is 1. The van der Waals surface area contributed by atoms with E-state index in [-0.39, 0.29) is 35.0 Å². The molecule has 0 spiro atoms. The van der Waals surface area contributed by atoms with E-state index in [4.69, 9.17) is 13.9 Å². The number of furan rings is 1. The minimum atomic E-state index is -3.06. The lowest BCUT2D eigenvalue weighted by atomic mass is 10.0. The maximum atomic E-state index is 12.6. The molecule has 0 bridgehead atoms. The maximum absolute atomic E-state index is 12.6. The largest absolute Gasteiger partial charge is 0.464 e. The van der Waals surface area contributed by atoms with Crippen LogP contribution in [0.1, 0.15) is 34.8 Å². The summed E-state index contributed by atoms with van der Waals surface area (Å²) in [5.74, 6) is -1.77. The summed E-state index contributed by atoms with van der Waals surface area (Å²) in [7, 11) is 0. The van der Waals surface area contributed by atoms with Crippen LogP contribution < -0.4 is 20.7 Å². The number of esters is 2. The Kier molecular flexibility index (Phi) is 8.60. The molecule has 1 unspecified atom stereocenters. The third kappa shape index (κ3) is 6.81. The number of hydrogen-bond acceptors (Lipinski definition) is 8. The number of carbonyl (C=O) groups excluding carboxylic acids is 4. The van der Waals surface area contributed by atoms with Crippen LogP contribution in [0, 0.1) is 6.92 Å². The SMILES string of the molecule is CCOC(=O)C1=C(COC(=O)CNC(=O)c2cccc(OC(F)F)c2)NC(=O)NC1c1ccc(C)o1. The van der Waals surface area contributed by atoms with E-state index in [0.717, 1.165) is 6.07 Å². The Morgan fingerprint density at radius 2 is 1.94 bits per heavy atom. The molecule has 36 heavy (non-hydrogen) atoms. The molecule has 11 nitrogen and oxygen atoms in total. The Morgan fingerprint density at radius 3 is 2.61 bits per heavy atom. The monoisotopic (exact) mass is 507 g/mol. The summed E-state index contributed by atoms with van der Waals surface area (Å²) in [5.41, 5.74) is -0.0540. The van der Waals surface area contributed by atoms with Crippen LogP contribution in [0.5, 0.6) is 5.75 Å². The molecule has 2 heterocycles. The second-order valence-corrected chi connectivity index (χ2v) is 7.34. The molecule has 1 aliphatic rings. The zero-order valence-electron chi connectivity index (χ0n) is 19.3. The number of carbonyl (C=O) groups is 4. The third-order valence-electron chi connectivity index (χ3n) is 4.79. The number of nitrogens with one attached hydrogen (secondary N) is 3. The van der Waals surface area contributed by atoms with Gasteiger partial charge in [0.05, 0.1) is 17.9 Å². The van der Waals surface area contributed by atoms with E-state index in [1.54, 1.807) is 26.0 Å². The van der Waals surface area contributed by atoms with Gasteiger partial charge in [-0.25, -0.2) is 9.59 Å². The van der Waals surface area contributed by atoms with Crippen LogP contribution in [0.2, 0.25) is 0 Å². The lowest BCUT2D eigenvalue weighted by Gasteiger charge is -2.27. The topological polar surface area (TPSA) is 145 Å². The van der Waals surface area contributed by atoms with E-state index in [0.29, 0.717) is 5.76 Å². The maximum Gasteiger partial charge on any atom is 0.387 e. The predicted molar refractivity (Wildman–Crippen MR) is 118 cm³/mol. The summed E-state index contributed by atoms with van der Waals surface area (Å²) < 4.78 is 44.7. The van der Waals surface area contributed by atoms with Gasteiger partial charge in [0.2, 0.25) is 0 Å². The van der Waals surface area contributed by atoms with E-state index in [1.165, 1.54) is 18.2 Å². The highest BCUT2D eigenvalue weighted by Crippen LogP contribution is 2.29. The van der Waals surface area contributed by atoms with Crippen LogP contribution in [0.25, 0.3) is 0 Å². The molecule has 13 heteroatoms. The van der Waals surface area contributed by atoms with Crippen LogP contribution >= 0.6 is 0 Å². The predicted octanol–water partition coefficient (Wildman–Crippen LogP) is 2.33. The molecule has 3 amide bonds. The molecule has 192 valence electrons. The highest BCUT2D eigenvalue weighted by Gasteiger charge is 2.36. The van der Waals surface area contributed by atoms with Crippen molar-refractivity contribution in [2.45, 2.75) is 26.5 Å². The number of hydrogen-bond donors (Lipinski definition) is 3. The normalized spacial score (nSPS) is 15.1. The van der Waals surface area contributed by atoms with Gasteiger partial charge >= 0.3 is 24.6 Å². The van der Waals surface area contributed by atoms with Crippen LogP contribution in [-0.2, 0) is 19.1 Å². The fourth-order valence-electron chi connectivity index (χ4n) is 3.28. The zero-order chi connectivity index (χ0) is 26.2. The molecule has 1 aromatic heterocycles. The van der Waals surface area contributed by atoms with Crippen LogP contribution in [0.3, 0.4) is 0 Å². The molecule has 0 aliphatic carbocycles. The summed E-state index contributed by atoms with van der Waals surface area (Å²) in [4.78, 5) is 49.3. The van der Waals surface area contributed by atoms with Crippen molar-refractivity contribution in [2.24, 2.45) is 0 Å². The van der Waals surface area contributed by atoms with Gasteiger partial charge in [-0.2, -0.15) is 8.78 Å². The molecule has 0 saturated carbocycles. The Balaban J connectivity index is 1.67. The molecule has 3 N–H and O–H groups in total. The van der Waals surface area contributed by atoms with E-state index < -0.39 is 49.7 Å². The summed E-state index contributed by atoms with van der Waals surface area (Å²) in [6.45, 7) is -0.782. The number of halogens is 2. The number of ether oxygens (including phenoxy) is 3. The summed E-state index contributed by atoms with van der Waals surface area (Å²) in [6.07, 6.45) is 0. The van der Waals surface area contributed by atoms with Gasteiger partial charge in [0.15, 0.2) is 0 Å². The van der Waals surface area contributed by atoms with Crippen molar-refractivity contribution in [3.8, 4) is 5.75 Å². The van der Waals surface area contributed by atoms with Gasteiger partial charge in [0, 0.05) is 5.56 Å². The molecule has 0 saturated heterocycles. The first-order valence-corrected chi connectivity index (χ1v) is 10.7. The van der Waals surface area contributed by atoms with Gasteiger partial charge in [-0.1, -0.05) is 6.07 Å². The first kappa shape index (κ1) is 26.2. The summed E-state index contributed by atoms with van der Waals surface area (Å²) in [5, 5.41) is 7.29. The Bertz CT molecular complexity index is 1180. The zero-order valence-corrected chi connectivity index (χ0v) is 19.3. The number of amides is 3. The molecule has 2 aromatic rings. The van der Waals surface area contributed by atoms with Gasteiger partial charge in [0.25, 0.3) is 5.91 Å². The molecule has 1 aromatic carbocycles. The van der Waals surface area contributed by atoms with Crippen LogP contribution in [0.15, 0.2) is 52.1 Å². The Hall–Kier alpha value is -4.42. The average molecular weight is 507 g/mol. The lowest BCUT2D eigenvalue weighted by molar-refractivity contribution is -0.142. The van der Waals surface area contributed by atoms with Gasteiger partial charge < -0.3 is 34.6 Å². The molecule has 0 radical (unpaired) electrons. The highest BCUT2D eigenvalue weighted by atomic mass is 19.3. The van der Waals surface area contributed by atoms with Gasteiger partial charge in [-0.15, -0.1) is 0 Å². The molecule has 0 fully saturated rings. The van der Waals surface area contributed by atoms with Crippen molar-refractivity contribution >= 4 is 23.9 Å². The average Bonchev–Trinajstić information content (AvgIpc) is 3.26. The van der Waals surface area contributed by atoms with E-state index >= 15 is 0 Å². The minimum Gasteiger partial charge on any atom is -0.464 e. The number of rotatable bonds is 10. The fraction of sp³-hybridized carbons (Fsp3) is 0.304. The van der Waals surface area contributed by atoms with E-state index in [9.17, 15) is 28.0 Å². The lowest BCUT2D eigenvalue weighted by Crippen LogP contribution is -2.47. The van der Waals surface area contributed by atoms with Gasteiger partial charge in [0.1, 0.15) is 36.5 Å². The molecule has 1 atom stereocenters. The Morgan fingerprint density at radius 1 is 1.17 bits per heavy atom. The van der Waals surface area contributed by atoms with Crippen molar-refractivity contribution < 1.29 is 46.6 Å². The smallest absolute Gasteiger partial charge is 0.387 e. The van der Waals surface area contributed by atoms with Crippen molar-refractivity contribution in [3.63, 3.8) is 0 Å². The molecule has 3 rings (SSSR count). The highest BCUT2D eigenvalue weighted by molar-refractivity contribution is 5.96. The number of benzene rings is 1. The van der Waals surface area contributed by atoms with Crippen molar-refractivity contribution in [1.29, 1.82) is 0 Å². The van der Waals surface area contributed by atoms with Crippen molar-refractivity contribution in [2.75, 3.05) is 19.8 Å². The number of alkyl halides is 2. The summed E-state index contributed by atoms with van der Waals surface area (Å²) in [6, 6.07) is 6.62. The second kappa shape index (κ2) is 11.8. The third-order valence-corrected chi connectivity index (χ3v) is 4.79. The van der Waals surface area contributed by atoms with Crippen LogP contribution in [0.4, 0.5) is 13.6 Å². The minimum absolute atomic E-state index is 0.0153. The molecular weight excluding hydrogens is 484 g/mol. The molecule has 1 aliphatic heterocycles.